The van der Waals surface area contributed by atoms with Crippen LogP contribution in [0.15, 0.2) is 42.5 Å². The Kier molecular flexibility index (Phi) is 6.61. The second-order valence-corrected chi connectivity index (χ2v) is 7.46. The first-order valence-electron chi connectivity index (χ1n) is 9.59. The number of ether oxygens (including phenoxy) is 1. The normalized spacial score (nSPS) is 19.5. The lowest BCUT2D eigenvalue weighted by molar-refractivity contribution is -0.387. The van der Waals surface area contributed by atoms with Gasteiger partial charge in [0, 0.05) is 43.9 Å². The van der Waals surface area contributed by atoms with E-state index >= 15 is 0 Å². The van der Waals surface area contributed by atoms with Gasteiger partial charge in [0.2, 0.25) is 5.82 Å². The van der Waals surface area contributed by atoms with Crippen LogP contribution in [0.1, 0.15) is 19.4 Å². The van der Waals surface area contributed by atoms with Crippen molar-refractivity contribution in [3.63, 3.8) is 0 Å². The van der Waals surface area contributed by atoms with Crippen LogP contribution < -0.4 is 4.74 Å². The Morgan fingerprint density at radius 3 is 2.47 bits per heavy atom. The molecule has 160 valence electrons. The second kappa shape index (κ2) is 9.17. The molecule has 0 aliphatic carbocycles. The Morgan fingerprint density at radius 1 is 1.13 bits per heavy atom. The van der Waals surface area contributed by atoms with Gasteiger partial charge < -0.3 is 9.64 Å². The van der Waals surface area contributed by atoms with E-state index < -0.39 is 16.4 Å². The molecule has 2 unspecified atom stereocenters. The van der Waals surface area contributed by atoms with Gasteiger partial charge in [-0.1, -0.05) is 12.1 Å². The maximum Gasteiger partial charge on any atom is 0.305 e. The van der Waals surface area contributed by atoms with Gasteiger partial charge in [0.05, 0.1) is 4.92 Å². The molecule has 2 aromatic rings. The van der Waals surface area contributed by atoms with E-state index in [0.29, 0.717) is 19.6 Å². The van der Waals surface area contributed by atoms with Gasteiger partial charge >= 0.3 is 5.69 Å². The average molecular weight is 419 g/mol. The molecule has 30 heavy (non-hydrogen) atoms. The van der Waals surface area contributed by atoms with Gasteiger partial charge in [0.25, 0.3) is 5.91 Å². The highest BCUT2D eigenvalue weighted by Crippen LogP contribution is 2.23. The summed E-state index contributed by atoms with van der Waals surface area (Å²) in [6.07, 6.45) is 0. The standard InChI is InChI=1S/C21H23F2N3O4/c1-14-11-25(15(2)10-24(14)12-16-3-5-17(22)6-4-16)21(27)13-30-18-7-8-20(26(28)29)19(23)9-18/h3-9,14-15H,10-13H2,1-2H3. The quantitative estimate of drug-likeness (QED) is 0.530. The molecule has 0 bridgehead atoms. The molecule has 1 amide bonds. The molecule has 7 nitrogen and oxygen atoms in total. The smallest absolute Gasteiger partial charge is 0.305 e. The molecule has 1 fully saturated rings. The van der Waals surface area contributed by atoms with Crippen molar-refractivity contribution >= 4 is 11.6 Å². The van der Waals surface area contributed by atoms with Crippen LogP contribution in [0.5, 0.6) is 5.75 Å². The summed E-state index contributed by atoms with van der Waals surface area (Å²) in [6, 6.07) is 9.57. The Hall–Kier alpha value is -3.07. The van der Waals surface area contributed by atoms with E-state index in [0.717, 1.165) is 17.7 Å². The summed E-state index contributed by atoms with van der Waals surface area (Å²) in [7, 11) is 0. The maximum absolute atomic E-state index is 13.7. The van der Waals surface area contributed by atoms with Crippen molar-refractivity contribution in [1.29, 1.82) is 0 Å². The highest BCUT2D eigenvalue weighted by atomic mass is 19.1. The number of hydrogen-bond acceptors (Lipinski definition) is 5. The SMILES string of the molecule is CC1CN(C(=O)COc2ccc([N+](=O)[O-])c(F)c2)C(C)CN1Cc1ccc(F)cc1. The van der Waals surface area contributed by atoms with Gasteiger partial charge in [0.15, 0.2) is 6.61 Å². The first-order chi connectivity index (χ1) is 14.2. The molecule has 0 spiro atoms. The summed E-state index contributed by atoms with van der Waals surface area (Å²) in [5, 5.41) is 10.7. The van der Waals surface area contributed by atoms with E-state index in [1.54, 1.807) is 17.0 Å². The van der Waals surface area contributed by atoms with Gasteiger partial charge in [-0.25, -0.2) is 4.39 Å². The molecule has 0 saturated carbocycles. The highest BCUT2D eigenvalue weighted by Gasteiger charge is 2.32. The zero-order valence-corrected chi connectivity index (χ0v) is 16.8. The Labute approximate surface area is 173 Å². The van der Waals surface area contributed by atoms with Crippen LogP contribution >= 0.6 is 0 Å². The molecule has 1 saturated heterocycles. The zero-order chi connectivity index (χ0) is 21.8. The van der Waals surface area contributed by atoms with E-state index in [4.69, 9.17) is 4.74 Å². The molecule has 0 radical (unpaired) electrons. The third-order valence-corrected chi connectivity index (χ3v) is 5.21. The fraction of sp³-hybridized carbons (Fsp3) is 0.381. The minimum absolute atomic E-state index is 0.0575. The van der Waals surface area contributed by atoms with Crippen LogP contribution in [0, 0.1) is 21.7 Å². The average Bonchev–Trinajstić information content (AvgIpc) is 2.70. The van der Waals surface area contributed by atoms with Crippen molar-refractivity contribution in [3.05, 3.63) is 69.8 Å². The van der Waals surface area contributed by atoms with Crippen molar-refractivity contribution in [1.82, 2.24) is 9.80 Å². The third kappa shape index (κ3) is 5.10. The van der Waals surface area contributed by atoms with Gasteiger partial charge in [-0.2, -0.15) is 4.39 Å². The predicted octanol–water partition coefficient (Wildman–Crippen LogP) is 3.37. The minimum Gasteiger partial charge on any atom is -0.484 e. The van der Waals surface area contributed by atoms with Crippen LogP contribution in [0.3, 0.4) is 0 Å². The molecule has 2 aromatic carbocycles. The molecule has 1 aliphatic rings. The maximum atomic E-state index is 13.7. The Morgan fingerprint density at radius 2 is 1.83 bits per heavy atom. The van der Waals surface area contributed by atoms with Crippen molar-refractivity contribution in [2.45, 2.75) is 32.5 Å². The van der Waals surface area contributed by atoms with Gasteiger partial charge in [-0.3, -0.25) is 19.8 Å². The summed E-state index contributed by atoms with van der Waals surface area (Å²) in [5.74, 6) is -1.47. The summed E-state index contributed by atoms with van der Waals surface area (Å²) < 4.78 is 32.1. The van der Waals surface area contributed by atoms with Crippen molar-refractivity contribution in [2.75, 3.05) is 19.7 Å². The number of amides is 1. The van der Waals surface area contributed by atoms with Gasteiger partial charge in [-0.05, 0) is 37.6 Å². The predicted molar refractivity (Wildman–Crippen MR) is 106 cm³/mol. The molecule has 1 heterocycles. The lowest BCUT2D eigenvalue weighted by atomic mass is 10.1. The lowest BCUT2D eigenvalue weighted by Gasteiger charge is -2.44. The van der Waals surface area contributed by atoms with Crippen molar-refractivity contribution < 1.29 is 23.2 Å². The Bertz CT molecular complexity index is 923. The summed E-state index contributed by atoms with van der Waals surface area (Å²) in [6.45, 7) is 5.48. The van der Waals surface area contributed by atoms with Crippen molar-refractivity contribution in [2.24, 2.45) is 0 Å². The fourth-order valence-electron chi connectivity index (χ4n) is 3.54. The molecule has 2 atom stereocenters. The Balaban J connectivity index is 1.56. The minimum atomic E-state index is -1.01. The lowest BCUT2D eigenvalue weighted by Crippen LogP contribution is -2.58. The number of nitro benzene ring substituents is 1. The first-order valence-corrected chi connectivity index (χ1v) is 9.59. The number of nitro groups is 1. The molecule has 9 heteroatoms. The van der Waals surface area contributed by atoms with Gasteiger partial charge in [-0.15, -0.1) is 0 Å². The van der Waals surface area contributed by atoms with E-state index in [1.807, 2.05) is 13.8 Å². The highest BCUT2D eigenvalue weighted by molar-refractivity contribution is 5.78. The van der Waals surface area contributed by atoms with E-state index in [2.05, 4.69) is 4.90 Å². The molecule has 3 rings (SSSR count). The summed E-state index contributed by atoms with van der Waals surface area (Å²) in [5.41, 5.74) is 0.354. The fourth-order valence-corrected chi connectivity index (χ4v) is 3.54. The van der Waals surface area contributed by atoms with Crippen LogP contribution in [0.4, 0.5) is 14.5 Å². The van der Waals surface area contributed by atoms with Crippen molar-refractivity contribution in [3.8, 4) is 5.75 Å². The van der Waals surface area contributed by atoms with E-state index in [-0.39, 0.29) is 36.2 Å². The molecular formula is C21H23F2N3O4. The topological polar surface area (TPSA) is 75.9 Å². The first kappa shape index (κ1) is 21.6. The number of halogens is 2. The van der Waals surface area contributed by atoms with Crippen LogP contribution in [0.25, 0.3) is 0 Å². The largest absolute Gasteiger partial charge is 0.484 e. The monoisotopic (exact) mass is 419 g/mol. The molecule has 1 aliphatic heterocycles. The number of piperazine rings is 1. The molecule has 0 aromatic heterocycles. The number of benzene rings is 2. The number of carbonyl (C=O) groups is 1. The van der Waals surface area contributed by atoms with Crippen LogP contribution in [-0.2, 0) is 11.3 Å². The van der Waals surface area contributed by atoms with Crippen LogP contribution in [0.2, 0.25) is 0 Å². The number of hydrogen-bond donors (Lipinski definition) is 0. The van der Waals surface area contributed by atoms with Crippen LogP contribution in [-0.4, -0.2) is 52.4 Å². The van der Waals surface area contributed by atoms with E-state index in [9.17, 15) is 23.7 Å². The summed E-state index contributed by atoms with van der Waals surface area (Å²) in [4.78, 5) is 26.4. The number of rotatable bonds is 6. The second-order valence-electron chi connectivity index (χ2n) is 7.46. The molecular weight excluding hydrogens is 396 g/mol. The third-order valence-electron chi connectivity index (χ3n) is 5.21. The summed E-state index contributed by atoms with van der Waals surface area (Å²) >= 11 is 0. The zero-order valence-electron chi connectivity index (χ0n) is 16.8. The molecule has 0 N–H and O–H groups in total. The number of nitrogens with zero attached hydrogens (tertiary/aromatic N) is 3. The number of carbonyl (C=O) groups excluding carboxylic acids is 1. The van der Waals surface area contributed by atoms with Gasteiger partial charge in [0.1, 0.15) is 11.6 Å². The van der Waals surface area contributed by atoms with E-state index in [1.165, 1.54) is 18.2 Å².